The molecule has 3 heterocycles. The van der Waals surface area contributed by atoms with Crippen molar-refractivity contribution in [3.05, 3.63) is 41.5 Å². The van der Waals surface area contributed by atoms with Crippen LogP contribution >= 0.6 is 11.3 Å². The lowest BCUT2D eigenvalue weighted by atomic mass is 10.3. The number of hydrogen-bond donors (Lipinski definition) is 1. The number of aromatic amines is 1. The number of aromatic nitrogens is 5. The highest BCUT2D eigenvalue weighted by atomic mass is 32.1. The van der Waals surface area contributed by atoms with Crippen LogP contribution in [0.1, 0.15) is 10.5 Å². The molecule has 0 aromatic carbocycles. The Kier molecular flexibility index (Phi) is 2.73. The number of carbonyl (C=O) groups is 1. The van der Waals surface area contributed by atoms with Crippen molar-refractivity contribution in [1.82, 2.24) is 25.2 Å². The fourth-order valence-corrected chi connectivity index (χ4v) is 2.18. The van der Waals surface area contributed by atoms with E-state index in [1.54, 1.807) is 18.3 Å². The molecule has 3 aromatic heterocycles. The second-order valence-corrected chi connectivity index (χ2v) is 4.58. The van der Waals surface area contributed by atoms with Gasteiger partial charge < -0.3 is 4.98 Å². The topological polar surface area (TPSA) is 76.5 Å². The minimum atomic E-state index is -0.0740. The van der Waals surface area contributed by atoms with Crippen LogP contribution in [0, 0.1) is 0 Å². The normalized spacial score (nSPS) is 10.7. The summed E-state index contributed by atoms with van der Waals surface area (Å²) in [5.74, 6) is 0.472. The minimum Gasteiger partial charge on any atom is -0.359 e. The molecule has 3 rings (SSSR count). The molecule has 0 aliphatic rings. The summed E-state index contributed by atoms with van der Waals surface area (Å²) in [7, 11) is 0. The molecule has 0 aliphatic heterocycles. The van der Waals surface area contributed by atoms with Crippen LogP contribution in [0.3, 0.4) is 0 Å². The van der Waals surface area contributed by atoms with E-state index in [0.29, 0.717) is 11.5 Å². The number of Topliss-reactive ketones (excluding diaryl/α,β-unsaturated/α-hetero) is 1. The summed E-state index contributed by atoms with van der Waals surface area (Å²) in [4.78, 5) is 16.9. The fraction of sp³-hybridized carbons (Fsp3) is 0.0909. The second-order valence-electron chi connectivity index (χ2n) is 3.63. The first-order chi connectivity index (χ1) is 8.83. The Bertz CT molecular complexity index is 641. The van der Waals surface area contributed by atoms with Gasteiger partial charge in [-0.3, -0.25) is 4.79 Å². The number of rotatable bonds is 4. The average molecular weight is 259 g/mol. The van der Waals surface area contributed by atoms with Gasteiger partial charge in [0.15, 0.2) is 0 Å². The molecule has 90 valence electrons. The Balaban J connectivity index is 1.76. The summed E-state index contributed by atoms with van der Waals surface area (Å²) in [6.45, 7) is 0.0822. The van der Waals surface area contributed by atoms with Crippen LogP contribution in [0.2, 0.25) is 0 Å². The van der Waals surface area contributed by atoms with Crippen LogP contribution in [0.5, 0.6) is 0 Å². The standard InChI is InChI=1S/C11H9N5OS/c17-9(8-3-1-5-12-8)7-16-14-11(13-15-16)10-4-2-6-18-10/h1-6,12H,7H2. The van der Waals surface area contributed by atoms with Crippen molar-refractivity contribution in [2.24, 2.45) is 0 Å². The van der Waals surface area contributed by atoms with Gasteiger partial charge in [-0.1, -0.05) is 6.07 Å². The number of thiophene rings is 1. The maximum atomic E-state index is 11.8. The molecular weight excluding hydrogens is 250 g/mol. The van der Waals surface area contributed by atoms with E-state index in [9.17, 15) is 4.79 Å². The van der Waals surface area contributed by atoms with Crippen LogP contribution in [-0.4, -0.2) is 31.0 Å². The first-order valence-corrected chi connectivity index (χ1v) is 6.19. The molecule has 6 nitrogen and oxygen atoms in total. The summed E-state index contributed by atoms with van der Waals surface area (Å²) in [5, 5.41) is 13.9. The molecule has 0 unspecified atom stereocenters. The molecule has 0 spiro atoms. The molecule has 0 amide bonds. The van der Waals surface area contributed by atoms with Crippen molar-refractivity contribution < 1.29 is 4.79 Å². The van der Waals surface area contributed by atoms with E-state index < -0.39 is 0 Å². The van der Waals surface area contributed by atoms with Gasteiger partial charge in [0, 0.05) is 6.20 Å². The van der Waals surface area contributed by atoms with Crippen LogP contribution < -0.4 is 0 Å². The van der Waals surface area contributed by atoms with Crippen molar-refractivity contribution in [3.8, 4) is 10.7 Å². The van der Waals surface area contributed by atoms with E-state index in [1.165, 1.54) is 16.1 Å². The predicted octanol–water partition coefficient (Wildman–Crippen LogP) is 1.61. The van der Waals surface area contributed by atoms with E-state index in [2.05, 4.69) is 20.4 Å². The van der Waals surface area contributed by atoms with Gasteiger partial charge in [0.05, 0.1) is 10.6 Å². The number of nitrogens with zero attached hydrogens (tertiary/aromatic N) is 4. The smallest absolute Gasteiger partial charge is 0.214 e. The lowest BCUT2D eigenvalue weighted by Crippen LogP contribution is -2.13. The second kappa shape index (κ2) is 4.53. The van der Waals surface area contributed by atoms with Gasteiger partial charge in [-0.05, 0) is 28.8 Å². The van der Waals surface area contributed by atoms with Gasteiger partial charge in [0.2, 0.25) is 11.6 Å². The molecule has 0 saturated heterocycles. The molecular formula is C11H9N5OS. The molecule has 0 aliphatic carbocycles. The highest BCUT2D eigenvalue weighted by Crippen LogP contribution is 2.19. The Morgan fingerprint density at radius 3 is 3.06 bits per heavy atom. The SMILES string of the molecule is O=C(Cn1nnc(-c2cccs2)n1)c1ccc[nH]1. The third kappa shape index (κ3) is 2.07. The Morgan fingerprint density at radius 1 is 1.39 bits per heavy atom. The van der Waals surface area contributed by atoms with Crippen molar-refractivity contribution in [2.75, 3.05) is 0 Å². The summed E-state index contributed by atoms with van der Waals surface area (Å²) < 4.78 is 0. The summed E-state index contributed by atoms with van der Waals surface area (Å²) >= 11 is 1.54. The van der Waals surface area contributed by atoms with Crippen molar-refractivity contribution >= 4 is 17.1 Å². The molecule has 0 atom stereocenters. The molecule has 7 heteroatoms. The zero-order valence-corrected chi connectivity index (χ0v) is 10.1. The molecule has 18 heavy (non-hydrogen) atoms. The monoisotopic (exact) mass is 259 g/mol. The zero-order chi connectivity index (χ0) is 12.4. The van der Waals surface area contributed by atoms with Gasteiger partial charge in [-0.15, -0.1) is 21.5 Å². The van der Waals surface area contributed by atoms with Crippen LogP contribution in [-0.2, 0) is 6.54 Å². The predicted molar refractivity (Wildman–Crippen MR) is 66.3 cm³/mol. The Morgan fingerprint density at radius 2 is 2.33 bits per heavy atom. The maximum Gasteiger partial charge on any atom is 0.214 e. The van der Waals surface area contributed by atoms with Gasteiger partial charge in [-0.25, -0.2) is 0 Å². The van der Waals surface area contributed by atoms with Gasteiger partial charge in [0.1, 0.15) is 6.54 Å². The largest absolute Gasteiger partial charge is 0.359 e. The number of H-pyrrole nitrogens is 1. The molecule has 1 N–H and O–H groups in total. The number of tetrazole rings is 1. The third-order valence-corrected chi connectivity index (χ3v) is 3.24. The Hall–Kier alpha value is -2.28. The van der Waals surface area contributed by atoms with Crippen molar-refractivity contribution in [2.45, 2.75) is 6.54 Å². The van der Waals surface area contributed by atoms with E-state index >= 15 is 0 Å². The van der Waals surface area contributed by atoms with Crippen molar-refractivity contribution in [3.63, 3.8) is 0 Å². The number of nitrogens with one attached hydrogen (secondary N) is 1. The summed E-state index contributed by atoms with van der Waals surface area (Å²) in [6.07, 6.45) is 1.71. The fourth-order valence-electron chi connectivity index (χ4n) is 1.53. The third-order valence-electron chi connectivity index (χ3n) is 2.38. The van der Waals surface area contributed by atoms with E-state index in [-0.39, 0.29) is 12.3 Å². The minimum absolute atomic E-state index is 0.0740. The average Bonchev–Trinajstić information content (AvgIpc) is 3.12. The maximum absolute atomic E-state index is 11.8. The lowest BCUT2D eigenvalue weighted by Gasteiger charge is -1.95. The van der Waals surface area contributed by atoms with Crippen molar-refractivity contribution in [1.29, 1.82) is 0 Å². The zero-order valence-electron chi connectivity index (χ0n) is 9.28. The van der Waals surface area contributed by atoms with Crippen LogP contribution in [0.4, 0.5) is 0 Å². The molecule has 0 radical (unpaired) electrons. The molecule has 0 saturated carbocycles. The van der Waals surface area contributed by atoms with Gasteiger partial charge in [-0.2, -0.15) is 4.80 Å². The lowest BCUT2D eigenvalue weighted by molar-refractivity contribution is 0.0957. The summed E-state index contributed by atoms with van der Waals surface area (Å²) in [5.41, 5.74) is 0.546. The highest BCUT2D eigenvalue weighted by Gasteiger charge is 2.11. The number of hydrogen-bond acceptors (Lipinski definition) is 5. The van der Waals surface area contributed by atoms with E-state index in [4.69, 9.17) is 0 Å². The first-order valence-electron chi connectivity index (χ1n) is 5.31. The number of carbonyl (C=O) groups excluding carboxylic acids is 1. The highest BCUT2D eigenvalue weighted by molar-refractivity contribution is 7.13. The quantitative estimate of drug-likeness (QED) is 0.722. The molecule has 0 fully saturated rings. The van der Waals surface area contributed by atoms with Gasteiger partial charge in [0.25, 0.3) is 0 Å². The van der Waals surface area contributed by atoms with Crippen LogP contribution in [0.15, 0.2) is 35.8 Å². The van der Waals surface area contributed by atoms with E-state index in [0.717, 1.165) is 4.88 Å². The number of ketones is 1. The van der Waals surface area contributed by atoms with Gasteiger partial charge >= 0.3 is 0 Å². The van der Waals surface area contributed by atoms with Crippen LogP contribution in [0.25, 0.3) is 10.7 Å². The first kappa shape index (κ1) is 10.8. The molecule has 3 aromatic rings. The summed E-state index contributed by atoms with van der Waals surface area (Å²) in [6, 6.07) is 7.34. The molecule has 0 bridgehead atoms. The Labute approximate surface area is 106 Å². The van der Waals surface area contributed by atoms with E-state index in [1.807, 2.05) is 17.5 Å².